The second-order valence-corrected chi connectivity index (χ2v) is 10.4. The van der Waals surface area contributed by atoms with Crippen LogP contribution in [0.3, 0.4) is 0 Å². The lowest BCUT2D eigenvalue weighted by Crippen LogP contribution is -2.39. The first-order valence-corrected chi connectivity index (χ1v) is 13.3. The van der Waals surface area contributed by atoms with Gasteiger partial charge in [-0.05, 0) is 55.8 Å². The van der Waals surface area contributed by atoms with Crippen molar-refractivity contribution in [3.05, 3.63) is 112 Å². The van der Waals surface area contributed by atoms with Crippen molar-refractivity contribution >= 4 is 52.6 Å². The van der Waals surface area contributed by atoms with E-state index in [-0.39, 0.29) is 28.3 Å². The van der Waals surface area contributed by atoms with Crippen LogP contribution in [0.5, 0.6) is 0 Å². The van der Waals surface area contributed by atoms with E-state index < -0.39 is 18.0 Å². The lowest BCUT2D eigenvalue weighted by molar-refractivity contribution is -0.139. The second-order valence-electron chi connectivity index (χ2n) is 8.56. The number of esters is 1. The predicted molar refractivity (Wildman–Crippen MR) is 148 cm³/mol. The van der Waals surface area contributed by atoms with Crippen molar-refractivity contribution in [3.8, 4) is 11.3 Å². The molecule has 5 rings (SSSR count). The average molecular weight is 583 g/mol. The number of hydrogen-bond acceptors (Lipinski definition) is 7. The van der Waals surface area contributed by atoms with Crippen molar-refractivity contribution in [3.63, 3.8) is 0 Å². The third kappa shape index (κ3) is 5.08. The Morgan fingerprint density at radius 3 is 2.56 bits per heavy atom. The maximum Gasteiger partial charge on any atom is 0.338 e. The highest BCUT2D eigenvalue weighted by atomic mass is 35.5. The Morgan fingerprint density at radius 2 is 1.90 bits per heavy atom. The molecule has 1 aliphatic heterocycles. The molecule has 0 saturated carbocycles. The number of nitrogens with zero attached hydrogens (tertiary/aromatic N) is 2. The Labute approximate surface area is 235 Å². The number of ether oxygens (including phenoxy) is 1. The number of rotatable bonds is 6. The van der Waals surface area contributed by atoms with E-state index in [1.165, 1.54) is 28.0 Å². The molecule has 2 aromatic heterocycles. The zero-order valence-corrected chi connectivity index (χ0v) is 22.9. The zero-order chi connectivity index (χ0) is 27.8. The fourth-order valence-corrected chi connectivity index (χ4v) is 5.72. The van der Waals surface area contributed by atoms with Crippen molar-refractivity contribution in [1.82, 2.24) is 4.57 Å². The summed E-state index contributed by atoms with van der Waals surface area (Å²) in [7, 11) is 0. The molecule has 1 N–H and O–H groups in total. The largest absolute Gasteiger partial charge is 0.478 e. The molecule has 11 heteroatoms. The second kappa shape index (κ2) is 10.7. The highest BCUT2D eigenvalue weighted by Crippen LogP contribution is 2.31. The van der Waals surface area contributed by atoms with Gasteiger partial charge < -0.3 is 14.3 Å². The number of fused-ring (bicyclic) bond motifs is 1. The lowest BCUT2D eigenvalue weighted by atomic mass is 9.96. The molecule has 1 unspecified atom stereocenters. The number of aromatic nitrogens is 1. The molecule has 0 aliphatic carbocycles. The number of thiazole rings is 1. The maximum absolute atomic E-state index is 13.7. The zero-order valence-electron chi connectivity index (χ0n) is 20.6. The topological polar surface area (TPSA) is 111 Å². The van der Waals surface area contributed by atoms with Gasteiger partial charge in [0.05, 0.1) is 39.0 Å². The lowest BCUT2D eigenvalue weighted by Gasteiger charge is -2.24. The number of benzene rings is 2. The number of aromatic carboxylic acids is 1. The molecule has 0 saturated heterocycles. The van der Waals surface area contributed by atoms with Crippen LogP contribution >= 0.6 is 34.5 Å². The van der Waals surface area contributed by atoms with Gasteiger partial charge in [0.15, 0.2) is 4.80 Å². The van der Waals surface area contributed by atoms with E-state index in [9.17, 15) is 19.5 Å². The van der Waals surface area contributed by atoms with Crippen molar-refractivity contribution < 1.29 is 23.8 Å². The van der Waals surface area contributed by atoms with Crippen LogP contribution in [0.1, 0.15) is 41.6 Å². The SMILES string of the molecule is CCOC(=O)C1=C(C)N=c2sc(=Cc3ccc(-c4ccc(C(=O)O)c(Cl)c4)o3)c(=O)n2C1c1ccc(Cl)cc1. The number of hydrogen-bond donors (Lipinski definition) is 1. The summed E-state index contributed by atoms with van der Waals surface area (Å²) in [4.78, 5) is 42.9. The molecule has 0 fully saturated rings. The molecule has 1 aliphatic rings. The molecule has 1 atom stereocenters. The molecule has 0 spiro atoms. The van der Waals surface area contributed by atoms with Crippen LogP contribution in [-0.4, -0.2) is 28.2 Å². The highest BCUT2D eigenvalue weighted by Gasteiger charge is 2.33. The number of carboxylic acids is 1. The van der Waals surface area contributed by atoms with Gasteiger partial charge in [-0.25, -0.2) is 14.6 Å². The Bertz CT molecular complexity index is 1830. The molecule has 0 amide bonds. The van der Waals surface area contributed by atoms with Crippen LogP contribution in [-0.2, 0) is 9.53 Å². The first kappa shape index (κ1) is 26.7. The predicted octanol–water partition coefficient (Wildman–Crippen LogP) is 5.06. The molecule has 39 heavy (non-hydrogen) atoms. The third-order valence-electron chi connectivity index (χ3n) is 6.09. The summed E-state index contributed by atoms with van der Waals surface area (Å²) < 4.78 is 13.1. The van der Waals surface area contributed by atoms with Gasteiger partial charge in [-0.3, -0.25) is 9.36 Å². The van der Waals surface area contributed by atoms with Gasteiger partial charge in [0.2, 0.25) is 0 Å². The number of carbonyl (C=O) groups excluding carboxylic acids is 1. The van der Waals surface area contributed by atoms with Gasteiger partial charge in [0.25, 0.3) is 5.56 Å². The first-order chi connectivity index (χ1) is 18.7. The molecule has 0 radical (unpaired) electrons. The number of allylic oxidation sites excluding steroid dienone is 1. The van der Waals surface area contributed by atoms with E-state index in [0.717, 1.165) is 0 Å². The van der Waals surface area contributed by atoms with Gasteiger partial charge in [0.1, 0.15) is 11.5 Å². The molecular weight excluding hydrogens is 563 g/mol. The van der Waals surface area contributed by atoms with Crippen molar-refractivity contribution in [2.75, 3.05) is 6.61 Å². The highest BCUT2D eigenvalue weighted by molar-refractivity contribution is 7.07. The smallest absolute Gasteiger partial charge is 0.338 e. The van der Waals surface area contributed by atoms with Gasteiger partial charge in [-0.2, -0.15) is 0 Å². The monoisotopic (exact) mass is 582 g/mol. The number of carbonyl (C=O) groups is 2. The number of carboxylic acid groups (broad SMARTS) is 1. The molecule has 4 aromatic rings. The van der Waals surface area contributed by atoms with E-state index in [0.29, 0.717) is 42.7 Å². The van der Waals surface area contributed by atoms with E-state index in [2.05, 4.69) is 4.99 Å². The van der Waals surface area contributed by atoms with Crippen LogP contribution in [0.2, 0.25) is 10.0 Å². The van der Waals surface area contributed by atoms with Gasteiger partial charge in [-0.1, -0.05) is 52.7 Å². The van der Waals surface area contributed by atoms with Crippen LogP contribution in [0.15, 0.2) is 80.1 Å². The Kier molecular flexibility index (Phi) is 7.31. The molecule has 3 heterocycles. The summed E-state index contributed by atoms with van der Waals surface area (Å²) in [5.74, 6) is -0.818. The van der Waals surface area contributed by atoms with Crippen molar-refractivity contribution in [2.45, 2.75) is 19.9 Å². The molecule has 0 bridgehead atoms. The third-order valence-corrected chi connectivity index (χ3v) is 7.63. The standard InChI is InChI=1S/C28H20Cl2N2O6S/c1-3-37-27(36)23-14(2)31-28-32(24(23)15-4-7-17(29)8-5-15)25(33)22(39-28)13-18-9-11-21(38-18)16-6-10-19(26(34)35)20(30)12-16/h4-13,24H,3H2,1-2H3,(H,34,35). The summed E-state index contributed by atoms with van der Waals surface area (Å²) in [6, 6.07) is 14.1. The van der Waals surface area contributed by atoms with Crippen molar-refractivity contribution in [2.24, 2.45) is 4.99 Å². The van der Waals surface area contributed by atoms with Crippen molar-refractivity contribution in [1.29, 1.82) is 0 Å². The Morgan fingerprint density at radius 1 is 1.15 bits per heavy atom. The first-order valence-electron chi connectivity index (χ1n) is 11.8. The van der Waals surface area contributed by atoms with Gasteiger partial charge >= 0.3 is 11.9 Å². The summed E-state index contributed by atoms with van der Waals surface area (Å²) in [5, 5.41) is 9.81. The van der Waals surface area contributed by atoms with E-state index in [1.54, 1.807) is 62.4 Å². The summed E-state index contributed by atoms with van der Waals surface area (Å²) in [6.07, 6.45) is 1.60. The minimum absolute atomic E-state index is 0.0129. The van der Waals surface area contributed by atoms with Gasteiger partial charge in [-0.15, -0.1) is 0 Å². The van der Waals surface area contributed by atoms with E-state index in [4.69, 9.17) is 32.4 Å². The minimum Gasteiger partial charge on any atom is -0.478 e. The summed E-state index contributed by atoms with van der Waals surface area (Å²) in [6.45, 7) is 3.61. The minimum atomic E-state index is -1.12. The van der Waals surface area contributed by atoms with E-state index >= 15 is 0 Å². The summed E-state index contributed by atoms with van der Waals surface area (Å²) >= 11 is 13.4. The van der Waals surface area contributed by atoms with Crippen LogP contribution in [0.4, 0.5) is 0 Å². The van der Waals surface area contributed by atoms with E-state index in [1.807, 2.05) is 0 Å². The average Bonchev–Trinajstić information content (AvgIpc) is 3.48. The molecule has 2 aromatic carbocycles. The van der Waals surface area contributed by atoms with Gasteiger partial charge in [0, 0.05) is 16.7 Å². The maximum atomic E-state index is 13.7. The molecular formula is C28H20Cl2N2O6S. The normalized spacial score (nSPS) is 15.2. The summed E-state index contributed by atoms with van der Waals surface area (Å²) in [5.41, 5.74) is 1.65. The Hall–Kier alpha value is -3.92. The molecule has 198 valence electrons. The fourth-order valence-electron chi connectivity index (χ4n) is 4.31. The van der Waals surface area contributed by atoms with Crippen LogP contribution in [0, 0.1) is 0 Å². The van der Waals surface area contributed by atoms with Crippen LogP contribution in [0.25, 0.3) is 17.4 Å². The fraction of sp³-hybridized carbons (Fsp3) is 0.143. The number of halogens is 2. The number of furan rings is 1. The Balaban J connectivity index is 1.60. The van der Waals surface area contributed by atoms with Crippen LogP contribution < -0.4 is 14.9 Å². The molecule has 8 nitrogen and oxygen atoms in total. The quantitative estimate of drug-likeness (QED) is 0.318.